The highest BCUT2D eigenvalue weighted by Crippen LogP contribution is 2.41. The number of pyridine rings is 1. The Morgan fingerprint density at radius 2 is 2.25 bits per heavy atom. The summed E-state index contributed by atoms with van der Waals surface area (Å²) in [4.78, 5) is 4.43. The zero-order valence-electron chi connectivity index (χ0n) is 12.4. The molecule has 0 saturated carbocycles. The summed E-state index contributed by atoms with van der Waals surface area (Å²) >= 11 is 0. The van der Waals surface area contributed by atoms with Crippen molar-refractivity contribution in [2.75, 3.05) is 6.54 Å². The molecular formula is C16H22N4. The summed E-state index contributed by atoms with van der Waals surface area (Å²) < 4.78 is 2.00. The smallest absolute Gasteiger partial charge is 0.153 e. The molecule has 4 nitrogen and oxygen atoms in total. The molecule has 106 valence electrons. The second kappa shape index (κ2) is 5.02. The van der Waals surface area contributed by atoms with Crippen LogP contribution in [0, 0.1) is 5.41 Å². The van der Waals surface area contributed by atoms with Gasteiger partial charge < -0.3 is 5.32 Å². The number of nitrogens with one attached hydrogen (secondary N) is 1. The molecule has 1 atom stereocenters. The van der Waals surface area contributed by atoms with Gasteiger partial charge in [-0.3, -0.25) is 0 Å². The summed E-state index contributed by atoms with van der Waals surface area (Å²) in [5.74, 6) is 0.904. The lowest BCUT2D eigenvalue weighted by molar-refractivity contribution is 0.255. The van der Waals surface area contributed by atoms with Crippen LogP contribution in [0.2, 0.25) is 0 Å². The van der Waals surface area contributed by atoms with Gasteiger partial charge in [0.05, 0.1) is 11.9 Å². The van der Waals surface area contributed by atoms with Crippen LogP contribution in [0.4, 0.5) is 0 Å². The molecule has 2 aromatic rings. The van der Waals surface area contributed by atoms with Gasteiger partial charge in [0.2, 0.25) is 0 Å². The van der Waals surface area contributed by atoms with E-state index in [0.717, 1.165) is 25.2 Å². The molecule has 20 heavy (non-hydrogen) atoms. The van der Waals surface area contributed by atoms with E-state index in [1.807, 2.05) is 35.3 Å². The van der Waals surface area contributed by atoms with Crippen molar-refractivity contribution < 1.29 is 0 Å². The number of hydrogen-bond acceptors (Lipinski definition) is 3. The highest BCUT2D eigenvalue weighted by molar-refractivity contribution is 5.33. The fourth-order valence-electron chi connectivity index (χ4n) is 3.15. The molecule has 0 bridgehead atoms. The zero-order chi connectivity index (χ0) is 14.2. The summed E-state index contributed by atoms with van der Waals surface area (Å²) in [5.41, 5.74) is 2.91. The molecule has 0 aromatic carbocycles. The lowest BCUT2D eigenvalue weighted by atomic mass is 9.74. The van der Waals surface area contributed by atoms with Crippen molar-refractivity contribution in [3.05, 3.63) is 41.9 Å². The molecule has 0 aliphatic heterocycles. The van der Waals surface area contributed by atoms with Crippen LogP contribution in [-0.4, -0.2) is 21.3 Å². The van der Waals surface area contributed by atoms with E-state index in [1.165, 1.54) is 11.3 Å². The molecule has 0 radical (unpaired) electrons. The molecule has 1 unspecified atom stereocenters. The minimum Gasteiger partial charge on any atom is -0.310 e. The fraction of sp³-hybridized carbons (Fsp3) is 0.500. The van der Waals surface area contributed by atoms with Gasteiger partial charge in [-0.25, -0.2) is 9.67 Å². The van der Waals surface area contributed by atoms with Gasteiger partial charge in [0.25, 0.3) is 0 Å². The van der Waals surface area contributed by atoms with Crippen molar-refractivity contribution in [2.24, 2.45) is 5.41 Å². The molecule has 0 spiro atoms. The molecule has 1 aliphatic carbocycles. The Balaban J connectivity index is 2.05. The van der Waals surface area contributed by atoms with Crippen LogP contribution in [0.25, 0.3) is 5.82 Å². The molecule has 2 aromatic heterocycles. The minimum absolute atomic E-state index is 0.284. The van der Waals surface area contributed by atoms with E-state index in [0.29, 0.717) is 6.04 Å². The summed E-state index contributed by atoms with van der Waals surface area (Å²) in [5, 5.41) is 8.17. The summed E-state index contributed by atoms with van der Waals surface area (Å²) in [6.07, 6.45) is 6.02. The van der Waals surface area contributed by atoms with Gasteiger partial charge in [-0.15, -0.1) is 0 Å². The normalized spacial score (nSPS) is 20.6. The second-order valence-corrected chi connectivity index (χ2v) is 6.30. The second-order valence-electron chi connectivity index (χ2n) is 6.30. The van der Waals surface area contributed by atoms with Crippen LogP contribution in [0.3, 0.4) is 0 Å². The zero-order valence-corrected chi connectivity index (χ0v) is 12.4. The van der Waals surface area contributed by atoms with Gasteiger partial charge in [0, 0.05) is 17.8 Å². The highest BCUT2D eigenvalue weighted by atomic mass is 15.3. The van der Waals surface area contributed by atoms with Gasteiger partial charge in [-0.2, -0.15) is 5.10 Å². The summed E-state index contributed by atoms with van der Waals surface area (Å²) in [6.45, 7) is 7.80. The highest BCUT2D eigenvalue weighted by Gasteiger charge is 2.34. The number of aromatic nitrogens is 3. The first-order chi connectivity index (χ1) is 9.61. The Kier molecular flexibility index (Phi) is 3.34. The van der Waals surface area contributed by atoms with Gasteiger partial charge in [-0.05, 0) is 36.9 Å². The molecule has 0 fully saturated rings. The van der Waals surface area contributed by atoms with Crippen molar-refractivity contribution in [3.8, 4) is 5.82 Å². The summed E-state index contributed by atoms with van der Waals surface area (Å²) in [7, 11) is 0. The molecule has 3 rings (SSSR count). The minimum atomic E-state index is 0.284. The molecule has 1 N–H and O–H groups in total. The quantitative estimate of drug-likeness (QED) is 0.932. The van der Waals surface area contributed by atoms with E-state index in [4.69, 9.17) is 0 Å². The van der Waals surface area contributed by atoms with E-state index < -0.39 is 0 Å². The van der Waals surface area contributed by atoms with Crippen LogP contribution in [0.1, 0.15) is 44.5 Å². The monoisotopic (exact) mass is 270 g/mol. The Bertz CT molecular complexity index is 586. The van der Waals surface area contributed by atoms with Crippen LogP contribution in [-0.2, 0) is 6.42 Å². The van der Waals surface area contributed by atoms with Gasteiger partial charge in [-0.1, -0.05) is 26.8 Å². The SMILES string of the molecule is CCNC1CC(C)(C)Cc2c1cnn2-c1ccccn1. The standard InChI is InChI=1S/C16H22N4/c1-4-17-13-9-16(2,3)10-14-12(13)11-19-20(14)15-7-5-6-8-18-15/h5-8,11,13,17H,4,9-10H2,1-3H3. The number of nitrogens with zero attached hydrogens (tertiary/aromatic N) is 3. The maximum Gasteiger partial charge on any atom is 0.153 e. The first-order valence-electron chi connectivity index (χ1n) is 7.32. The average molecular weight is 270 g/mol. The average Bonchev–Trinajstić information content (AvgIpc) is 2.82. The molecule has 0 amide bonds. The summed E-state index contributed by atoms with van der Waals surface area (Å²) in [6, 6.07) is 6.35. The Hall–Kier alpha value is -1.68. The van der Waals surface area contributed by atoms with Crippen LogP contribution in [0.5, 0.6) is 0 Å². The molecule has 0 saturated heterocycles. The van der Waals surface area contributed by atoms with Gasteiger partial charge in [0.15, 0.2) is 5.82 Å². The van der Waals surface area contributed by atoms with E-state index >= 15 is 0 Å². The van der Waals surface area contributed by atoms with Crippen molar-refractivity contribution in [3.63, 3.8) is 0 Å². The molecular weight excluding hydrogens is 248 g/mol. The Morgan fingerprint density at radius 1 is 1.40 bits per heavy atom. The van der Waals surface area contributed by atoms with Crippen LogP contribution >= 0.6 is 0 Å². The Labute approximate surface area is 120 Å². The first-order valence-corrected chi connectivity index (χ1v) is 7.32. The van der Waals surface area contributed by atoms with E-state index in [9.17, 15) is 0 Å². The topological polar surface area (TPSA) is 42.7 Å². The molecule has 2 heterocycles. The third kappa shape index (κ3) is 2.36. The van der Waals surface area contributed by atoms with E-state index in [2.05, 4.69) is 36.2 Å². The largest absolute Gasteiger partial charge is 0.310 e. The van der Waals surface area contributed by atoms with Crippen molar-refractivity contribution in [1.29, 1.82) is 0 Å². The first kappa shape index (κ1) is 13.3. The van der Waals surface area contributed by atoms with Crippen molar-refractivity contribution in [2.45, 2.75) is 39.7 Å². The third-order valence-corrected chi connectivity index (χ3v) is 4.00. The van der Waals surface area contributed by atoms with Crippen molar-refractivity contribution >= 4 is 0 Å². The lowest BCUT2D eigenvalue weighted by Gasteiger charge is -2.35. The Morgan fingerprint density at radius 3 is 2.95 bits per heavy atom. The maximum atomic E-state index is 4.58. The van der Waals surface area contributed by atoms with Crippen LogP contribution < -0.4 is 5.32 Å². The molecule has 4 heteroatoms. The predicted octanol–water partition coefficient (Wildman–Crippen LogP) is 2.89. The third-order valence-electron chi connectivity index (χ3n) is 4.00. The van der Waals surface area contributed by atoms with E-state index in [-0.39, 0.29) is 5.41 Å². The van der Waals surface area contributed by atoms with Crippen molar-refractivity contribution in [1.82, 2.24) is 20.1 Å². The number of rotatable bonds is 3. The predicted molar refractivity (Wildman–Crippen MR) is 79.9 cm³/mol. The fourth-order valence-corrected chi connectivity index (χ4v) is 3.15. The number of hydrogen-bond donors (Lipinski definition) is 1. The molecule has 1 aliphatic rings. The van der Waals surface area contributed by atoms with Crippen LogP contribution in [0.15, 0.2) is 30.6 Å². The number of fused-ring (bicyclic) bond motifs is 1. The van der Waals surface area contributed by atoms with Gasteiger partial charge >= 0.3 is 0 Å². The maximum absolute atomic E-state index is 4.58. The lowest BCUT2D eigenvalue weighted by Crippen LogP contribution is -2.33. The van der Waals surface area contributed by atoms with Gasteiger partial charge in [0.1, 0.15) is 0 Å². The van der Waals surface area contributed by atoms with E-state index in [1.54, 1.807) is 0 Å².